The Morgan fingerprint density at radius 2 is 2.00 bits per heavy atom. The predicted molar refractivity (Wildman–Crippen MR) is 70.4 cm³/mol. The summed E-state index contributed by atoms with van der Waals surface area (Å²) in [5.41, 5.74) is 0.714. The highest BCUT2D eigenvalue weighted by molar-refractivity contribution is 5.35. The minimum atomic E-state index is -0.546. The van der Waals surface area contributed by atoms with Crippen LogP contribution in [0.2, 0.25) is 0 Å². The molecular weight excluding hydrogens is 257 g/mol. The molecule has 1 heterocycles. The number of aromatic nitrogens is 1. The maximum absolute atomic E-state index is 13.8. The molecule has 0 aliphatic carbocycles. The van der Waals surface area contributed by atoms with Gasteiger partial charge in [0.05, 0.1) is 18.2 Å². The first kappa shape index (κ1) is 13.5. The molecule has 0 bridgehead atoms. The van der Waals surface area contributed by atoms with E-state index >= 15 is 0 Å². The van der Waals surface area contributed by atoms with Crippen molar-refractivity contribution in [3.63, 3.8) is 0 Å². The van der Waals surface area contributed by atoms with Crippen LogP contribution >= 0.6 is 0 Å². The lowest BCUT2D eigenvalue weighted by molar-refractivity contribution is 0.595. The van der Waals surface area contributed by atoms with Gasteiger partial charge in [0.15, 0.2) is 0 Å². The van der Waals surface area contributed by atoms with Crippen molar-refractivity contribution in [2.45, 2.75) is 13.5 Å². The molecule has 2 rings (SSSR count). The first-order chi connectivity index (χ1) is 9.56. The van der Waals surface area contributed by atoms with Crippen LogP contribution in [0.5, 0.6) is 0 Å². The van der Waals surface area contributed by atoms with Gasteiger partial charge in [-0.15, -0.1) is 0 Å². The zero-order valence-electron chi connectivity index (χ0n) is 10.7. The van der Waals surface area contributed by atoms with Crippen LogP contribution in [0, 0.1) is 35.4 Å². The van der Waals surface area contributed by atoms with E-state index in [9.17, 15) is 9.18 Å². The van der Waals surface area contributed by atoms with E-state index in [1.165, 1.54) is 22.9 Å². The van der Waals surface area contributed by atoms with Gasteiger partial charge in [0.25, 0.3) is 5.56 Å². The number of rotatable bonds is 2. The summed E-state index contributed by atoms with van der Waals surface area (Å²) in [7, 11) is 0. The SMILES string of the molecule is Cc1ccn(Cc2ccc(C#N)cc2F)c(=O)c1C#N. The van der Waals surface area contributed by atoms with Crippen LogP contribution in [-0.4, -0.2) is 4.57 Å². The summed E-state index contributed by atoms with van der Waals surface area (Å²) in [6, 6.07) is 9.42. The molecule has 1 aromatic carbocycles. The zero-order valence-corrected chi connectivity index (χ0v) is 10.7. The molecule has 0 amide bonds. The van der Waals surface area contributed by atoms with E-state index in [1.807, 2.05) is 12.1 Å². The molecule has 0 aliphatic heterocycles. The first-order valence-corrected chi connectivity index (χ1v) is 5.85. The highest BCUT2D eigenvalue weighted by atomic mass is 19.1. The normalized spacial score (nSPS) is 9.80. The van der Waals surface area contributed by atoms with Crippen molar-refractivity contribution in [3.05, 3.63) is 68.9 Å². The lowest BCUT2D eigenvalue weighted by Gasteiger charge is -2.08. The average molecular weight is 267 g/mol. The van der Waals surface area contributed by atoms with Crippen molar-refractivity contribution < 1.29 is 4.39 Å². The van der Waals surface area contributed by atoms with Crippen molar-refractivity contribution in [2.24, 2.45) is 0 Å². The monoisotopic (exact) mass is 267 g/mol. The molecule has 4 nitrogen and oxygen atoms in total. The lowest BCUT2D eigenvalue weighted by Crippen LogP contribution is -2.23. The molecule has 0 radical (unpaired) electrons. The second-order valence-corrected chi connectivity index (χ2v) is 4.34. The predicted octanol–water partition coefficient (Wildman–Crippen LogP) is 2.09. The van der Waals surface area contributed by atoms with E-state index < -0.39 is 11.4 Å². The van der Waals surface area contributed by atoms with Crippen LogP contribution in [0.3, 0.4) is 0 Å². The Hall–Kier alpha value is -2.92. The van der Waals surface area contributed by atoms with Crippen molar-refractivity contribution in [2.75, 3.05) is 0 Å². The van der Waals surface area contributed by atoms with Crippen LogP contribution in [-0.2, 0) is 6.54 Å². The van der Waals surface area contributed by atoms with E-state index in [0.717, 1.165) is 6.07 Å². The van der Waals surface area contributed by atoms with E-state index in [2.05, 4.69) is 0 Å². The molecule has 1 aromatic heterocycles. The highest BCUT2D eigenvalue weighted by Gasteiger charge is 2.09. The first-order valence-electron chi connectivity index (χ1n) is 5.85. The fourth-order valence-electron chi connectivity index (χ4n) is 1.85. The number of benzene rings is 1. The maximum atomic E-state index is 13.8. The van der Waals surface area contributed by atoms with Gasteiger partial charge in [-0.3, -0.25) is 4.79 Å². The molecule has 0 saturated carbocycles. The third kappa shape index (κ3) is 2.43. The summed E-state index contributed by atoms with van der Waals surface area (Å²) >= 11 is 0. The van der Waals surface area contributed by atoms with Crippen molar-refractivity contribution >= 4 is 0 Å². The minimum absolute atomic E-state index is 0.0192. The molecule has 0 aliphatic rings. The van der Waals surface area contributed by atoms with Gasteiger partial charge in [-0.1, -0.05) is 6.07 Å². The Kier molecular flexibility index (Phi) is 3.63. The number of halogens is 1. The van der Waals surface area contributed by atoms with Gasteiger partial charge in [-0.05, 0) is 30.7 Å². The Morgan fingerprint density at radius 3 is 2.60 bits per heavy atom. The number of aryl methyl sites for hydroxylation is 1. The number of hydrogen-bond donors (Lipinski definition) is 0. The van der Waals surface area contributed by atoms with Crippen molar-refractivity contribution in [1.29, 1.82) is 10.5 Å². The van der Waals surface area contributed by atoms with Crippen LogP contribution in [0.1, 0.15) is 22.3 Å². The summed E-state index contributed by atoms with van der Waals surface area (Å²) in [6.07, 6.45) is 1.52. The van der Waals surface area contributed by atoms with Gasteiger partial charge < -0.3 is 4.57 Å². The second kappa shape index (κ2) is 5.38. The fraction of sp³-hybridized carbons (Fsp3) is 0.133. The Morgan fingerprint density at radius 1 is 1.25 bits per heavy atom. The van der Waals surface area contributed by atoms with Gasteiger partial charge in [0, 0.05) is 11.8 Å². The molecule has 5 heteroatoms. The average Bonchev–Trinajstić information content (AvgIpc) is 2.44. The molecule has 98 valence electrons. The topological polar surface area (TPSA) is 69.6 Å². The fourth-order valence-corrected chi connectivity index (χ4v) is 1.85. The van der Waals surface area contributed by atoms with E-state index in [4.69, 9.17) is 10.5 Å². The molecule has 20 heavy (non-hydrogen) atoms. The number of hydrogen-bond acceptors (Lipinski definition) is 3. The quantitative estimate of drug-likeness (QED) is 0.836. The summed E-state index contributed by atoms with van der Waals surface area (Å²) in [6.45, 7) is 1.69. The third-order valence-corrected chi connectivity index (χ3v) is 3.01. The molecule has 0 fully saturated rings. The van der Waals surface area contributed by atoms with E-state index in [-0.39, 0.29) is 17.7 Å². The second-order valence-electron chi connectivity index (χ2n) is 4.34. The number of pyridine rings is 1. The van der Waals surface area contributed by atoms with E-state index in [1.54, 1.807) is 13.0 Å². The van der Waals surface area contributed by atoms with Crippen molar-refractivity contribution in [3.8, 4) is 12.1 Å². The highest BCUT2D eigenvalue weighted by Crippen LogP contribution is 2.11. The largest absolute Gasteiger partial charge is 0.310 e. The smallest absolute Gasteiger partial charge is 0.269 e. The van der Waals surface area contributed by atoms with Gasteiger partial charge in [0.2, 0.25) is 0 Å². The van der Waals surface area contributed by atoms with Crippen LogP contribution in [0.15, 0.2) is 35.3 Å². The van der Waals surface area contributed by atoms with Crippen molar-refractivity contribution in [1.82, 2.24) is 4.57 Å². The van der Waals surface area contributed by atoms with Gasteiger partial charge in [-0.25, -0.2) is 4.39 Å². The zero-order chi connectivity index (χ0) is 14.7. The Labute approximate surface area is 114 Å². The molecule has 0 unspecified atom stereocenters. The summed E-state index contributed by atoms with van der Waals surface area (Å²) < 4.78 is 15.1. The summed E-state index contributed by atoms with van der Waals surface area (Å²) in [4.78, 5) is 12.0. The van der Waals surface area contributed by atoms with Gasteiger partial charge in [-0.2, -0.15) is 10.5 Å². The molecule has 0 spiro atoms. The van der Waals surface area contributed by atoms with E-state index in [0.29, 0.717) is 11.1 Å². The van der Waals surface area contributed by atoms with Gasteiger partial charge >= 0.3 is 0 Å². The Bertz CT molecular complexity index is 809. The molecule has 0 atom stereocenters. The molecule has 0 saturated heterocycles. The summed E-state index contributed by atoms with van der Waals surface area (Å²) in [5, 5.41) is 17.6. The number of nitrogens with zero attached hydrogens (tertiary/aromatic N) is 3. The third-order valence-electron chi connectivity index (χ3n) is 3.01. The minimum Gasteiger partial charge on any atom is -0.310 e. The number of nitriles is 2. The maximum Gasteiger partial charge on any atom is 0.269 e. The Balaban J connectivity index is 2.44. The summed E-state index contributed by atoms with van der Waals surface area (Å²) in [5.74, 6) is -0.546. The molecule has 0 N–H and O–H groups in total. The standard InChI is InChI=1S/C15H10FN3O/c1-10-4-5-19(15(20)13(10)8-18)9-12-3-2-11(7-17)6-14(12)16/h2-6H,9H2,1H3. The molecule has 2 aromatic rings. The molecular formula is C15H10FN3O. The van der Waals surface area contributed by atoms with Gasteiger partial charge in [0.1, 0.15) is 17.4 Å². The van der Waals surface area contributed by atoms with Crippen LogP contribution in [0.4, 0.5) is 4.39 Å². The van der Waals surface area contributed by atoms with Crippen LogP contribution in [0.25, 0.3) is 0 Å². The van der Waals surface area contributed by atoms with Crippen LogP contribution < -0.4 is 5.56 Å². The lowest BCUT2D eigenvalue weighted by atomic mass is 10.1.